The third-order valence-corrected chi connectivity index (χ3v) is 4.79. The zero-order chi connectivity index (χ0) is 17.2. The van der Waals surface area contributed by atoms with Crippen molar-refractivity contribution in [3.8, 4) is 10.6 Å². The van der Waals surface area contributed by atoms with Gasteiger partial charge in [0.2, 0.25) is 0 Å². The van der Waals surface area contributed by atoms with Gasteiger partial charge in [-0.15, -0.1) is 11.3 Å². The first-order valence-corrected chi connectivity index (χ1v) is 8.76. The number of benzene rings is 2. The van der Waals surface area contributed by atoms with Crippen molar-refractivity contribution in [2.75, 3.05) is 5.32 Å². The Morgan fingerprint density at radius 1 is 1.08 bits per heavy atom. The molecule has 4 rings (SSSR count). The zero-order valence-electron chi connectivity index (χ0n) is 13.6. The second kappa shape index (κ2) is 6.45. The summed E-state index contributed by atoms with van der Waals surface area (Å²) in [5.74, 6) is -0.210. The van der Waals surface area contributed by atoms with Gasteiger partial charge < -0.3 is 5.32 Å². The summed E-state index contributed by atoms with van der Waals surface area (Å²) in [6.07, 6.45) is 1.75. The van der Waals surface area contributed by atoms with Gasteiger partial charge in [-0.05, 0) is 31.2 Å². The highest BCUT2D eigenvalue weighted by molar-refractivity contribution is 7.13. The van der Waals surface area contributed by atoms with Crippen LogP contribution in [0, 0.1) is 6.92 Å². The summed E-state index contributed by atoms with van der Waals surface area (Å²) in [5.41, 5.74) is 4.27. The Balaban J connectivity index is 1.55. The number of hydrogen-bond acceptors (Lipinski definition) is 4. The number of aryl methyl sites for hydroxylation is 1. The molecule has 0 aliphatic heterocycles. The van der Waals surface area contributed by atoms with Crippen molar-refractivity contribution in [1.82, 2.24) is 9.97 Å². The molecule has 4 nitrogen and oxygen atoms in total. The second-order valence-corrected chi connectivity index (χ2v) is 6.63. The molecular weight excluding hydrogens is 330 g/mol. The van der Waals surface area contributed by atoms with Gasteiger partial charge in [0.25, 0.3) is 5.91 Å². The highest BCUT2D eigenvalue weighted by atomic mass is 32.1. The highest BCUT2D eigenvalue weighted by Crippen LogP contribution is 2.25. The number of anilines is 1. The van der Waals surface area contributed by atoms with E-state index in [1.54, 1.807) is 11.6 Å². The SMILES string of the molecule is Cc1ccc(-c2nc(C(=O)Nc3ccc4ncccc4c3)cs2)cc1. The standard InChI is InChI=1S/C20H15N3OS/c1-13-4-6-14(7-5-13)20-23-18(12-25-20)19(24)22-16-8-9-17-15(11-16)3-2-10-21-17/h2-12H,1H3,(H,22,24). The van der Waals surface area contributed by atoms with E-state index in [9.17, 15) is 4.79 Å². The van der Waals surface area contributed by atoms with Crippen molar-refractivity contribution < 1.29 is 4.79 Å². The summed E-state index contributed by atoms with van der Waals surface area (Å²) >= 11 is 1.47. The highest BCUT2D eigenvalue weighted by Gasteiger charge is 2.12. The second-order valence-electron chi connectivity index (χ2n) is 5.77. The minimum atomic E-state index is -0.210. The smallest absolute Gasteiger partial charge is 0.275 e. The normalized spacial score (nSPS) is 10.8. The first-order valence-electron chi connectivity index (χ1n) is 7.88. The molecule has 0 unspecified atom stereocenters. The van der Waals surface area contributed by atoms with Crippen molar-refractivity contribution in [3.63, 3.8) is 0 Å². The molecule has 1 N–H and O–H groups in total. The summed E-state index contributed by atoms with van der Waals surface area (Å²) < 4.78 is 0. The van der Waals surface area contributed by atoms with Gasteiger partial charge in [-0.3, -0.25) is 9.78 Å². The van der Waals surface area contributed by atoms with E-state index in [0.29, 0.717) is 5.69 Å². The third kappa shape index (κ3) is 3.27. The lowest BCUT2D eigenvalue weighted by Gasteiger charge is -2.04. The van der Waals surface area contributed by atoms with Crippen molar-refractivity contribution in [3.05, 3.63) is 77.4 Å². The van der Waals surface area contributed by atoms with Crippen molar-refractivity contribution in [2.24, 2.45) is 0 Å². The number of thiazole rings is 1. The molecule has 0 bridgehead atoms. The lowest BCUT2D eigenvalue weighted by Crippen LogP contribution is -2.12. The van der Waals surface area contributed by atoms with E-state index in [2.05, 4.69) is 15.3 Å². The van der Waals surface area contributed by atoms with Gasteiger partial charge in [0, 0.05) is 28.2 Å². The summed E-state index contributed by atoms with van der Waals surface area (Å²) in [6.45, 7) is 2.05. The van der Waals surface area contributed by atoms with E-state index in [-0.39, 0.29) is 5.91 Å². The Labute approximate surface area is 149 Å². The molecule has 0 radical (unpaired) electrons. The van der Waals surface area contributed by atoms with Crippen LogP contribution in [0.15, 0.2) is 66.2 Å². The lowest BCUT2D eigenvalue weighted by molar-refractivity contribution is 0.102. The van der Waals surface area contributed by atoms with Gasteiger partial charge in [0.05, 0.1) is 5.52 Å². The van der Waals surface area contributed by atoms with Crippen LogP contribution >= 0.6 is 11.3 Å². The fourth-order valence-corrected chi connectivity index (χ4v) is 3.36. The van der Waals surface area contributed by atoms with Crippen LogP contribution in [0.25, 0.3) is 21.5 Å². The van der Waals surface area contributed by atoms with Crippen LogP contribution in [0.2, 0.25) is 0 Å². The first kappa shape index (κ1) is 15.5. The molecule has 0 saturated carbocycles. The molecule has 0 fully saturated rings. The molecule has 4 aromatic rings. The molecule has 0 aliphatic carbocycles. The maximum atomic E-state index is 12.5. The quantitative estimate of drug-likeness (QED) is 0.573. The Morgan fingerprint density at radius 3 is 2.76 bits per heavy atom. The molecule has 122 valence electrons. The third-order valence-electron chi connectivity index (χ3n) is 3.90. The summed E-state index contributed by atoms with van der Waals surface area (Å²) in [6, 6.07) is 17.6. The summed E-state index contributed by atoms with van der Waals surface area (Å²) in [7, 11) is 0. The van der Waals surface area contributed by atoms with Crippen LogP contribution in [0.1, 0.15) is 16.1 Å². The van der Waals surface area contributed by atoms with E-state index in [1.807, 2.05) is 61.5 Å². The molecule has 0 spiro atoms. The van der Waals surface area contributed by atoms with Crippen LogP contribution < -0.4 is 5.32 Å². The van der Waals surface area contributed by atoms with E-state index < -0.39 is 0 Å². The Bertz CT molecular complexity index is 1050. The number of carbonyl (C=O) groups excluding carboxylic acids is 1. The minimum Gasteiger partial charge on any atom is -0.321 e. The number of hydrogen-bond donors (Lipinski definition) is 1. The number of nitrogens with one attached hydrogen (secondary N) is 1. The fourth-order valence-electron chi connectivity index (χ4n) is 2.56. The van der Waals surface area contributed by atoms with E-state index in [0.717, 1.165) is 27.2 Å². The number of aromatic nitrogens is 2. The number of rotatable bonds is 3. The molecule has 0 saturated heterocycles. The fraction of sp³-hybridized carbons (Fsp3) is 0.0500. The number of carbonyl (C=O) groups is 1. The molecule has 2 aromatic carbocycles. The number of pyridine rings is 1. The van der Waals surface area contributed by atoms with Crippen molar-refractivity contribution in [2.45, 2.75) is 6.92 Å². The van der Waals surface area contributed by atoms with Gasteiger partial charge >= 0.3 is 0 Å². The molecule has 0 aliphatic rings. The maximum absolute atomic E-state index is 12.5. The Hall–Kier alpha value is -3.05. The summed E-state index contributed by atoms with van der Waals surface area (Å²) in [5, 5.41) is 6.51. The van der Waals surface area contributed by atoms with Gasteiger partial charge in [-0.1, -0.05) is 35.9 Å². The molecule has 1 amide bonds. The van der Waals surface area contributed by atoms with Crippen LogP contribution in [-0.2, 0) is 0 Å². The average molecular weight is 345 g/mol. The van der Waals surface area contributed by atoms with Crippen molar-refractivity contribution in [1.29, 1.82) is 0 Å². The van der Waals surface area contributed by atoms with Crippen LogP contribution in [0.5, 0.6) is 0 Å². The van der Waals surface area contributed by atoms with Crippen LogP contribution in [0.4, 0.5) is 5.69 Å². The first-order chi connectivity index (χ1) is 12.2. The van der Waals surface area contributed by atoms with Crippen LogP contribution in [0.3, 0.4) is 0 Å². The molecule has 0 atom stereocenters. The Kier molecular flexibility index (Phi) is 3.99. The van der Waals surface area contributed by atoms with E-state index in [4.69, 9.17) is 0 Å². The van der Waals surface area contributed by atoms with E-state index in [1.165, 1.54) is 16.9 Å². The molecule has 25 heavy (non-hydrogen) atoms. The number of amides is 1. The number of fused-ring (bicyclic) bond motifs is 1. The van der Waals surface area contributed by atoms with Gasteiger partial charge in [-0.25, -0.2) is 4.98 Å². The van der Waals surface area contributed by atoms with Crippen molar-refractivity contribution >= 4 is 33.8 Å². The van der Waals surface area contributed by atoms with Gasteiger partial charge in [0.1, 0.15) is 10.7 Å². The van der Waals surface area contributed by atoms with Crippen LogP contribution in [-0.4, -0.2) is 15.9 Å². The lowest BCUT2D eigenvalue weighted by atomic mass is 10.2. The van der Waals surface area contributed by atoms with Gasteiger partial charge in [0.15, 0.2) is 0 Å². The number of nitrogens with zero attached hydrogens (tertiary/aromatic N) is 2. The largest absolute Gasteiger partial charge is 0.321 e. The maximum Gasteiger partial charge on any atom is 0.275 e. The minimum absolute atomic E-state index is 0.210. The predicted molar refractivity (Wildman–Crippen MR) is 102 cm³/mol. The predicted octanol–water partition coefficient (Wildman–Crippen LogP) is 4.92. The molecule has 2 aromatic heterocycles. The molecule has 2 heterocycles. The van der Waals surface area contributed by atoms with E-state index >= 15 is 0 Å². The zero-order valence-corrected chi connectivity index (χ0v) is 14.4. The molecular formula is C20H15N3OS. The topological polar surface area (TPSA) is 54.9 Å². The average Bonchev–Trinajstić information content (AvgIpc) is 3.12. The monoisotopic (exact) mass is 345 g/mol. The van der Waals surface area contributed by atoms with Gasteiger partial charge in [-0.2, -0.15) is 0 Å². The Morgan fingerprint density at radius 2 is 1.92 bits per heavy atom. The molecule has 5 heteroatoms. The summed E-state index contributed by atoms with van der Waals surface area (Å²) in [4.78, 5) is 21.2.